The lowest BCUT2D eigenvalue weighted by molar-refractivity contribution is 0.0455. The van der Waals surface area contributed by atoms with E-state index in [1.165, 1.54) is 37.1 Å². The zero-order valence-electron chi connectivity index (χ0n) is 13.9. The van der Waals surface area contributed by atoms with E-state index in [4.69, 9.17) is 0 Å². The second-order valence-electron chi connectivity index (χ2n) is 6.95. The predicted octanol–water partition coefficient (Wildman–Crippen LogP) is 3.35. The molecule has 120 valence electrons. The van der Waals surface area contributed by atoms with Crippen LogP contribution in [0.5, 0.6) is 0 Å². The van der Waals surface area contributed by atoms with E-state index in [-0.39, 0.29) is 0 Å². The number of fused-ring (bicyclic) bond motifs is 3. The minimum Gasteiger partial charge on any atom is -0.350 e. The fraction of sp³-hybridized carbons (Fsp3) is 0.474. The summed E-state index contributed by atoms with van der Waals surface area (Å²) < 4.78 is 0. The molecule has 1 aromatic carbocycles. The number of nitrogens with one attached hydrogen (secondary N) is 1. The third-order valence-corrected chi connectivity index (χ3v) is 5.48. The van der Waals surface area contributed by atoms with E-state index in [0.29, 0.717) is 12.1 Å². The van der Waals surface area contributed by atoms with Crippen molar-refractivity contribution in [3.8, 4) is 11.1 Å². The highest BCUT2D eigenvalue weighted by Crippen LogP contribution is 2.33. The molecule has 0 spiro atoms. The first-order valence-corrected chi connectivity index (χ1v) is 8.60. The number of aromatic nitrogens is 2. The van der Waals surface area contributed by atoms with Crippen molar-refractivity contribution < 1.29 is 0 Å². The summed E-state index contributed by atoms with van der Waals surface area (Å²) in [5, 5.41) is 3.59. The molecule has 2 bridgehead atoms. The molecule has 4 nitrogen and oxygen atoms in total. The number of anilines is 1. The van der Waals surface area contributed by atoms with Gasteiger partial charge in [0.1, 0.15) is 0 Å². The summed E-state index contributed by atoms with van der Waals surface area (Å²) in [7, 11) is 0. The minimum atomic E-state index is 0.474. The van der Waals surface area contributed by atoms with Gasteiger partial charge in [-0.25, -0.2) is 9.97 Å². The molecule has 0 saturated carbocycles. The Morgan fingerprint density at radius 2 is 1.83 bits per heavy atom. The van der Waals surface area contributed by atoms with E-state index in [9.17, 15) is 0 Å². The molecule has 1 N–H and O–H groups in total. The van der Waals surface area contributed by atoms with Crippen molar-refractivity contribution in [3.05, 3.63) is 42.2 Å². The van der Waals surface area contributed by atoms with Crippen LogP contribution in [0.15, 0.2) is 36.7 Å². The van der Waals surface area contributed by atoms with Crippen LogP contribution in [0, 0.1) is 12.8 Å². The number of aryl methyl sites for hydroxylation is 1. The Morgan fingerprint density at radius 3 is 2.48 bits per heavy atom. The van der Waals surface area contributed by atoms with Crippen LogP contribution >= 0.6 is 0 Å². The summed E-state index contributed by atoms with van der Waals surface area (Å²) in [6, 6.07) is 9.50. The second kappa shape index (κ2) is 5.93. The summed E-state index contributed by atoms with van der Waals surface area (Å²) in [6.07, 6.45) is 6.44. The van der Waals surface area contributed by atoms with E-state index in [2.05, 4.69) is 58.3 Å². The van der Waals surface area contributed by atoms with E-state index < -0.39 is 0 Å². The molecule has 5 rings (SSSR count). The number of rotatable bonds is 3. The van der Waals surface area contributed by atoms with Crippen molar-refractivity contribution >= 4 is 5.95 Å². The molecule has 0 amide bonds. The number of hydrogen-bond donors (Lipinski definition) is 1. The fourth-order valence-electron chi connectivity index (χ4n) is 4.07. The molecule has 0 radical (unpaired) electrons. The zero-order chi connectivity index (χ0) is 15.8. The van der Waals surface area contributed by atoms with Crippen molar-refractivity contribution in [2.45, 2.75) is 38.8 Å². The Morgan fingerprint density at radius 1 is 1.09 bits per heavy atom. The van der Waals surface area contributed by atoms with Gasteiger partial charge >= 0.3 is 0 Å². The molecule has 3 aliphatic heterocycles. The van der Waals surface area contributed by atoms with Gasteiger partial charge in [0.25, 0.3) is 0 Å². The topological polar surface area (TPSA) is 41.1 Å². The quantitative estimate of drug-likeness (QED) is 0.944. The predicted molar refractivity (Wildman–Crippen MR) is 93.4 cm³/mol. The first-order valence-electron chi connectivity index (χ1n) is 8.60. The maximum atomic E-state index is 4.56. The third-order valence-electron chi connectivity index (χ3n) is 5.48. The number of piperidine rings is 3. The van der Waals surface area contributed by atoms with E-state index in [1.54, 1.807) is 0 Å². The molecule has 3 saturated heterocycles. The lowest BCUT2D eigenvalue weighted by Gasteiger charge is -2.49. The van der Waals surface area contributed by atoms with Crippen LogP contribution in [0.2, 0.25) is 0 Å². The molecule has 3 aliphatic rings. The van der Waals surface area contributed by atoms with Gasteiger partial charge in [-0.2, -0.15) is 0 Å². The van der Waals surface area contributed by atoms with Gasteiger partial charge in [0.15, 0.2) is 0 Å². The van der Waals surface area contributed by atoms with Gasteiger partial charge in [0.2, 0.25) is 5.95 Å². The molecule has 1 aromatic heterocycles. The van der Waals surface area contributed by atoms with Crippen LogP contribution in [-0.2, 0) is 0 Å². The minimum absolute atomic E-state index is 0.474. The number of hydrogen-bond acceptors (Lipinski definition) is 4. The Kier molecular flexibility index (Phi) is 3.77. The van der Waals surface area contributed by atoms with Gasteiger partial charge in [0.05, 0.1) is 0 Å². The van der Waals surface area contributed by atoms with Crippen molar-refractivity contribution in [1.82, 2.24) is 14.9 Å². The van der Waals surface area contributed by atoms with Crippen molar-refractivity contribution in [2.75, 3.05) is 18.4 Å². The van der Waals surface area contributed by atoms with Crippen LogP contribution in [0.3, 0.4) is 0 Å². The monoisotopic (exact) mass is 308 g/mol. The Bertz CT molecular complexity index is 672. The van der Waals surface area contributed by atoms with Crippen LogP contribution in [-0.4, -0.2) is 40.0 Å². The summed E-state index contributed by atoms with van der Waals surface area (Å²) in [6.45, 7) is 6.92. The molecular formula is C19H24N4. The van der Waals surface area contributed by atoms with E-state index in [1.807, 2.05) is 12.4 Å². The van der Waals surface area contributed by atoms with Gasteiger partial charge in [-0.3, -0.25) is 4.90 Å². The average Bonchev–Trinajstić information content (AvgIpc) is 2.59. The molecule has 2 aromatic rings. The lowest BCUT2D eigenvalue weighted by atomic mass is 9.79. The molecule has 4 heteroatoms. The average molecular weight is 308 g/mol. The third kappa shape index (κ3) is 2.83. The molecule has 2 atom stereocenters. The highest BCUT2D eigenvalue weighted by molar-refractivity contribution is 5.62. The van der Waals surface area contributed by atoms with Crippen molar-refractivity contribution in [1.29, 1.82) is 0 Å². The van der Waals surface area contributed by atoms with Crippen molar-refractivity contribution in [3.63, 3.8) is 0 Å². The standard InChI is InChI=1S/C19H24N4/c1-13-4-3-5-16(10-13)17-11-20-19(21-12-17)22-18-14(2)23-8-6-15(18)7-9-23/h3-5,10-12,14-15,18H,6-9H2,1-2H3,(H,20,21,22). The SMILES string of the molecule is Cc1cccc(-c2cnc(NC3C4CCN(CC4)C3C)nc2)c1. The summed E-state index contributed by atoms with van der Waals surface area (Å²) in [5.41, 5.74) is 3.50. The lowest BCUT2D eigenvalue weighted by Crippen LogP contribution is -2.59. The van der Waals surface area contributed by atoms with Gasteiger partial charge in [0, 0.05) is 30.0 Å². The molecular weight excluding hydrogens is 284 g/mol. The molecule has 2 unspecified atom stereocenters. The van der Waals surface area contributed by atoms with Crippen molar-refractivity contribution in [2.24, 2.45) is 5.92 Å². The smallest absolute Gasteiger partial charge is 0.222 e. The maximum Gasteiger partial charge on any atom is 0.222 e. The second-order valence-corrected chi connectivity index (χ2v) is 6.95. The summed E-state index contributed by atoms with van der Waals surface area (Å²) in [5.74, 6) is 1.52. The van der Waals surface area contributed by atoms with Crippen LogP contribution in [0.25, 0.3) is 11.1 Å². The maximum absolute atomic E-state index is 4.56. The van der Waals surface area contributed by atoms with Gasteiger partial charge < -0.3 is 5.32 Å². The first kappa shape index (κ1) is 14.6. The summed E-state index contributed by atoms with van der Waals surface area (Å²) >= 11 is 0. The highest BCUT2D eigenvalue weighted by atomic mass is 15.2. The summed E-state index contributed by atoms with van der Waals surface area (Å²) in [4.78, 5) is 11.7. The first-order chi connectivity index (χ1) is 11.2. The highest BCUT2D eigenvalue weighted by Gasteiger charge is 2.39. The largest absolute Gasteiger partial charge is 0.350 e. The molecule has 3 fully saturated rings. The van der Waals surface area contributed by atoms with E-state index >= 15 is 0 Å². The number of nitrogens with zero attached hydrogens (tertiary/aromatic N) is 3. The fourth-order valence-corrected chi connectivity index (χ4v) is 4.07. The Labute approximate surface area is 138 Å². The zero-order valence-corrected chi connectivity index (χ0v) is 13.9. The van der Waals surface area contributed by atoms with E-state index in [0.717, 1.165) is 17.4 Å². The Balaban J connectivity index is 1.50. The molecule has 0 aliphatic carbocycles. The molecule has 23 heavy (non-hydrogen) atoms. The van der Waals surface area contributed by atoms with Crippen LogP contribution < -0.4 is 5.32 Å². The Hall–Kier alpha value is -1.94. The van der Waals surface area contributed by atoms with Gasteiger partial charge in [-0.1, -0.05) is 29.8 Å². The van der Waals surface area contributed by atoms with Gasteiger partial charge in [-0.15, -0.1) is 0 Å². The van der Waals surface area contributed by atoms with Crippen LogP contribution in [0.4, 0.5) is 5.95 Å². The van der Waals surface area contributed by atoms with Crippen LogP contribution in [0.1, 0.15) is 25.3 Å². The number of benzene rings is 1. The normalized spacial score (nSPS) is 29.5. The van der Waals surface area contributed by atoms with Gasteiger partial charge in [-0.05, 0) is 51.3 Å². The molecule has 4 heterocycles.